The van der Waals surface area contributed by atoms with Gasteiger partial charge in [-0.1, -0.05) is 31.2 Å². The number of carbonyl (C=O) groups excluding carboxylic acids is 2. The maximum absolute atomic E-state index is 12.4. The van der Waals surface area contributed by atoms with Crippen LogP contribution in [0.5, 0.6) is 0 Å². The summed E-state index contributed by atoms with van der Waals surface area (Å²) in [6.07, 6.45) is 0.156. The molecule has 9 nitrogen and oxygen atoms in total. The lowest BCUT2D eigenvalue weighted by Gasteiger charge is -2.20. The second kappa shape index (κ2) is 9.65. The van der Waals surface area contributed by atoms with E-state index in [2.05, 4.69) is 20.9 Å². The molecule has 146 valence electrons. The molecule has 0 saturated heterocycles. The van der Waals surface area contributed by atoms with E-state index in [1.54, 1.807) is 31.2 Å². The number of nitrogens with zero attached hydrogens (tertiary/aromatic N) is 3. The first-order valence-electron chi connectivity index (χ1n) is 8.93. The van der Waals surface area contributed by atoms with Gasteiger partial charge in [-0.05, 0) is 31.4 Å². The molecule has 9 heteroatoms. The number of hydrogen-bond donors (Lipinski definition) is 2. The quantitative estimate of drug-likeness (QED) is 0.713. The molecule has 0 aliphatic carbocycles. The normalized spacial score (nSPS) is 12.0. The number of carbonyl (C=O) groups is 2. The summed E-state index contributed by atoms with van der Waals surface area (Å²) in [7, 11) is 0. The van der Waals surface area contributed by atoms with Crippen LogP contribution in [0.15, 0.2) is 29.1 Å². The molecule has 0 radical (unpaired) electrons. The van der Waals surface area contributed by atoms with E-state index in [0.717, 1.165) is 4.68 Å². The van der Waals surface area contributed by atoms with E-state index < -0.39 is 6.09 Å². The van der Waals surface area contributed by atoms with Crippen molar-refractivity contribution in [2.75, 3.05) is 13.2 Å². The van der Waals surface area contributed by atoms with E-state index in [1.807, 2.05) is 13.8 Å². The van der Waals surface area contributed by atoms with Gasteiger partial charge in [0.25, 0.3) is 5.56 Å². The van der Waals surface area contributed by atoms with Crippen molar-refractivity contribution in [1.82, 2.24) is 25.6 Å². The predicted octanol–water partition coefficient (Wildman–Crippen LogP) is 1.07. The van der Waals surface area contributed by atoms with Crippen LogP contribution in [0.25, 0.3) is 10.9 Å². The molecule has 1 atom stereocenters. The molecule has 0 fully saturated rings. The predicted molar refractivity (Wildman–Crippen MR) is 100 cm³/mol. The Kier molecular flexibility index (Phi) is 7.27. The molecule has 27 heavy (non-hydrogen) atoms. The van der Waals surface area contributed by atoms with E-state index in [-0.39, 0.29) is 37.2 Å². The lowest BCUT2D eigenvalue weighted by atomic mass is 10.0. The van der Waals surface area contributed by atoms with Gasteiger partial charge in [-0.25, -0.2) is 9.48 Å². The highest BCUT2D eigenvalue weighted by Crippen LogP contribution is 2.05. The topological polar surface area (TPSA) is 115 Å². The Hall–Kier alpha value is -2.97. The summed E-state index contributed by atoms with van der Waals surface area (Å²) in [5.41, 5.74) is 0.105. The molecule has 2 rings (SSSR count). The molecule has 2 N–H and O–H groups in total. The van der Waals surface area contributed by atoms with Gasteiger partial charge in [0.2, 0.25) is 5.91 Å². The zero-order valence-electron chi connectivity index (χ0n) is 15.8. The Morgan fingerprint density at radius 2 is 2.00 bits per heavy atom. The van der Waals surface area contributed by atoms with Crippen LogP contribution < -0.4 is 16.2 Å². The SMILES string of the molecule is CCOC(=O)NC(CNC(=O)Cn1nnc2ccccc2c1=O)CC(C)C. The molecule has 1 unspecified atom stereocenters. The smallest absolute Gasteiger partial charge is 0.407 e. The fraction of sp³-hybridized carbons (Fsp3) is 0.500. The molecule has 0 aliphatic rings. The summed E-state index contributed by atoms with van der Waals surface area (Å²) in [5.74, 6) is -0.0658. The minimum atomic E-state index is -0.519. The van der Waals surface area contributed by atoms with Gasteiger partial charge in [0.05, 0.1) is 12.0 Å². The lowest BCUT2D eigenvalue weighted by Crippen LogP contribution is -2.45. The van der Waals surface area contributed by atoms with Crippen molar-refractivity contribution in [3.63, 3.8) is 0 Å². The summed E-state index contributed by atoms with van der Waals surface area (Å²) in [5, 5.41) is 13.6. The number of fused-ring (bicyclic) bond motifs is 1. The highest BCUT2D eigenvalue weighted by atomic mass is 16.5. The first-order valence-corrected chi connectivity index (χ1v) is 8.93. The highest BCUT2D eigenvalue weighted by molar-refractivity contribution is 5.78. The Balaban J connectivity index is 1.98. The van der Waals surface area contributed by atoms with Crippen molar-refractivity contribution in [2.24, 2.45) is 5.92 Å². The maximum Gasteiger partial charge on any atom is 0.407 e. The Labute approximate surface area is 157 Å². The second-order valence-electron chi connectivity index (χ2n) is 6.56. The number of hydrogen-bond acceptors (Lipinski definition) is 6. The molecule has 2 aromatic rings. The monoisotopic (exact) mass is 375 g/mol. The molecule has 1 aromatic carbocycles. The van der Waals surface area contributed by atoms with Gasteiger partial charge in [0, 0.05) is 12.6 Å². The van der Waals surface area contributed by atoms with Crippen molar-refractivity contribution >= 4 is 22.9 Å². The van der Waals surface area contributed by atoms with Crippen LogP contribution in [-0.4, -0.2) is 46.2 Å². The van der Waals surface area contributed by atoms with E-state index in [9.17, 15) is 14.4 Å². The summed E-state index contributed by atoms with van der Waals surface area (Å²) in [6, 6.07) is 6.55. The standard InChI is InChI=1S/C18H25N5O4/c1-4-27-18(26)20-13(9-12(2)3)10-19-16(24)11-23-17(25)14-7-5-6-8-15(14)21-22-23/h5-8,12-13H,4,9-11H2,1-3H3,(H,19,24)(H,20,26). The number of rotatable bonds is 8. The van der Waals surface area contributed by atoms with Crippen molar-refractivity contribution < 1.29 is 14.3 Å². The molecule has 0 bridgehead atoms. The highest BCUT2D eigenvalue weighted by Gasteiger charge is 2.16. The van der Waals surface area contributed by atoms with E-state index >= 15 is 0 Å². The van der Waals surface area contributed by atoms with E-state index in [1.165, 1.54) is 0 Å². The first-order chi connectivity index (χ1) is 12.9. The zero-order valence-corrected chi connectivity index (χ0v) is 15.8. The molecule has 0 aliphatic heterocycles. The molecular weight excluding hydrogens is 350 g/mol. The van der Waals surface area contributed by atoms with Crippen LogP contribution in [0, 0.1) is 5.92 Å². The van der Waals surface area contributed by atoms with Gasteiger partial charge in [-0.3, -0.25) is 9.59 Å². The third kappa shape index (κ3) is 6.05. The first kappa shape index (κ1) is 20.3. The molecule has 1 heterocycles. The van der Waals surface area contributed by atoms with Crippen LogP contribution in [-0.2, 0) is 16.1 Å². The summed E-state index contributed by atoms with van der Waals surface area (Å²) < 4.78 is 5.91. The molecule has 1 aromatic heterocycles. The number of alkyl carbamates (subject to hydrolysis) is 1. The molecule has 0 spiro atoms. The second-order valence-corrected chi connectivity index (χ2v) is 6.56. The number of aromatic nitrogens is 3. The Morgan fingerprint density at radius 1 is 1.26 bits per heavy atom. The van der Waals surface area contributed by atoms with Crippen LogP contribution in [0.3, 0.4) is 0 Å². The van der Waals surface area contributed by atoms with Gasteiger partial charge in [-0.2, -0.15) is 0 Å². The van der Waals surface area contributed by atoms with Crippen LogP contribution in [0.2, 0.25) is 0 Å². The average Bonchev–Trinajstić information content (AvgIpc) is 2.62. The van der Waals surface area contributed by atoms with Gasteiger partial charge >= 0.3 is 6.09 Å². The minimum absolute atomic E-state index is 0.228. The van der Waals surface area contributed by atoms with Crippen molar-refractivity contribution in [2.45, 2.75) is 39.8 Å². The minimum Gasteiger partial charge on any atom is -0.450 e. The third-order valence-electron chi connectivity index (χ3n) is 3.82. The Bertz CT molecular complexity index is 849. The largest absolute Gasteiger partial charge is 0.450 e. The number of amides is 2. The number of ether oxygens (including phenoxy) is 1. The van der Waals surface area contributed by atoms with Gasteiger partial charge in [-0.15, -0.1) is 5.10 Å². The average molecular weight is 375 g/mol. The third-order valence-corrected chi connectivity index (χ3v) is 3.82. The number of benzene rings is 1. The van der Waals surface area contributed by atoms with E-state index in [4.69, 9.17) is 4.74 Å². The summed E-state index contributed by atoms with van der Waals surface area (Å²) in [4.78, 5) is 36.2. The van der Waals surface area contributed by atoms with E-state index in [0.29, 0.717) is 23.2 Å². The van der Waals surface area contributed by atoms with Crippen LogP contribution in [0.1, 0.15) is 27.2 Å². The van der Waals surface area contributed by atoms with Gasteiger partial charge in [0.1, 0.15) is 12.1 Å². The van der Waals surface area contributed by atoms with Crippen LogP contribution in [0.4, 0.5) is 4.79 Å². The molecule has 0 saturated carbocycles. The zero-order chi connectivity index (χ0) is 19.8. The molecular formula is C18H25N5O4. The van der Waals surface area contributed by atoms with Gasteiger partial charge in [0.15, 0.2) is 0 Å². The Morgan fingerprint density at radius 3 is 2.70 bits per heavy atom. The fourth-order valence-corrected chi connectivity index (χ4v) is 2.66. The molecule has 2 amide bonds. The van der Waals surface area contributed by atoms with Crippen molar-refractivity contribution in [3.05, 3.63) is 34.6 Å². The number of nitrogens with one attached hydrogen (secondary N) is 2. The van der Waals surface area contributed by atoms with Crippen LogP contribution >= 0.6 is 0 Å². The van der Waals surface area contributed by atoms with Crippen molar-refractivity contribution in [3.8, 4) is 0 Å². The van der Waals surface area contributed by atoms with Gasteiger partial charge < -0.3 is 15.4 Å². The summed E-state index contributed by atoms with van der Waals surface area (Å²) >= 11 is 0. The summed E-state index contributed by atoms with van der Waals surface area (Å²) in [6.45, 7) is 6.02. The van der Waals surface area contributed by atoms with Crippen molar-refractivity contribution in [1.29, 1.82) is 0 Å². The lowest BCUT2D eigenvalue weighted by molar-refractivity contribution is -0.122. The maximum atomic E-state index is 12.4. The fourth-order valence-electron chi connectivity index (χ4n) is 2.66.